The number of esters is 1. The molecule has 8 heteroatoms. The molecule has 0 bridgehead atoms. The number of carbonyl (C=O) groups is 3. The zero-order chi connectivity index (χ0) is 21.3. The summed E-state index contributed by atoms with van der Waals surface area (Å²) >= 11 is 0. The van der Waals surface area contributed by atoms with Crippen LogP contribution in [-0.4, -0.2) is 22.7 Å². The number of hydrogen-bond acceptors (Lipinski definition) is 6. The van der Waals surface area contributed by atoms with Crippen molar-refractivity contribution in [2.75, 3.05) is 4.90 Å². The molecule has 1 aliphatic carbocycles. The van der Waals surface area contributed by atoms with Gasteiger partial charge in [0.05, 0.1) is 28.0 Å². The van der Waals surface area contributed by atoms with Gasteiger partial charge in [0.15, 0.2) is 0 Å². The summed E-state index contributed by atoms with van der Waals surface area (Å²) in [6.45, 7) is -0.0297. The Hall–Kier alpha value is -3.81. The second-order valence-electron chi connectivity index (χ2n) is 7.21. The molecule has 0 N–H and O–H groups in total. The van der Waals surface area contributed by atoms with Crippen LogP contribution in [0.4, 0.5) is 11.4 Å². The summed E-state index contributed by atoms with van der Waals surface area (Å²) < 4.78 is 5.23. The lowest BCUT2D eigenvalue weighted by Gasteiger charge is -2.15. The quantitative estimate of drug-likeness (QED) is 0.248. The van der Waals surface area contributed by atoms with E-state index in [1.54, 1.807) is 12.1 Å². The lowest BCUT2D eigenvalue weighted by atomic mass is 9.85. The molecule has 1 saturated heterocycles. The standard InChI is InChI=1S/C22H18N2O6/c25-20-18-3-1-2-4-19(18)21(26)23(20)16-11-7-15(8-12-16)22(27)30-13-14-5-9-17(10-6-14)24(28)29/h1-2,5-12,18-19H,3-4,13H2/t18-,19-/m1/s1. The highest BCUT2D eigenvalue weighted by Gasteiger charge is 2.47. The maximum absolute atomic E-state index is 12.6. The van der Waals surface area contributed by atoms with E-state index in [-0.39, 0.29) is 41.5 Å². The number of carbonyl (C=O) groups excluding carboxylic acids is 3. The fraction of sp³-hybridized carbons (Fsp3) is 0.227. The molecular formula is C22H18N2O6. The van der Waals surface area contributed by atoms with Crippen LogP contribution in [0.2, 0.25) is 0 Å². The largest absolute Gasteiger partial charge is 0.457 e. The number of benzene rings is 2. The lowest BCUT2D eigenvalue weighted by molar-refractivity contribution is -0.384. The molecule has 2 amide bonds. The minimum Gasteiger partial charge on any atom is -0.457 e. The number of allylic oxidation sites excluding steroid dienone is 2. The van der Waals surface area contributed by atoms with Crippen LogP contribution in [0.1, 0.15) is 28.8 Å². The number of fused-ring (bicyclic) bond motifs is 1. The molecule has 0 saturated carbocycles. The van der Waals surface area contributed by atoms with E-state index in [2.05, 4.69) is 0 Å². The first-order valence-corrected chi connectivity index (χ1v) is 9.49. The molecule has 1 fully saturated rings. The van der Waals surface area contributed by atoms with Crippen LogP contribution in [0.3, 0.4) is 0 Å². The maximum atomic E-state index is 12.6. The van der Waals surface area contributed by atoms with Gasteiger partial charge in [-0.15, -0.1) is 0 Å². The Morgan fingerprint density at radius 2 is 1.53 bits per heavy atom. The Morgan fingerprint density at radius 3 is 2.07 bits per heavy atom. The molecule has 1 aliphatic heterocycles. The number of nitro benzene ring substituents is 1. The van der Waals surface area contributed by atoms with E-state index in [0.717, 1.165) is 0 Å². The van der Waals surface area contributed by atoms with E-state index >= 15 is 0 Å². The molecule has 0 radical (unpaired) electrons. The smallest absolute Gasteiger partial charge is 0.338 e. The zero-order valence-electron chi connectivity index (χ0n) is 15.9. The van der Waals surface area contributed by atoms with Crippen molar-refractivity contribution in [1.82, 2.24) is 0 Å². The molecule has 8 nitrogen and oxygen atoms in total. The van der Waals surface area contributed by atoms with Gasteiger partial charge in [0.2, 0.25) is 11.8 Å². The number of hydrogen-bond donors (Lipinski definition) is 0. The fourth-order valence-electron chi connectivity index (χ4n) is 3.75. The van der Waals surface area contributed by atoms with E-state index in [1.165, 1.54) is 41.3 Å². The van der Waals surface area contributed by atoms with Gasteiger partial charge in [0.25, 0.3) is 5.69 Å². The Labute approximate surface area is 171 Å². The third-order valence-electron chi connectivity index (χ3n) is 5.39. The van der Waals surface area contributed by atoms with E-state index in [0.29, 0.717) is 24.1 Å². The summed E-state index contributed by atoms with van der Waals surface area (Å²) in [5.41, 5.74) is 1.29. The van der Waals surface area contributed by atoms with Crippen LogP contribution in [0, 0.1) is 22.0 Å². The number of non-ortho nitro benzene ring substituents is 1. The predicted octanol–water partition coefficient (Wildman–Crippen LogP) is 3.41. The van der Waals surface area contributed by atoms with E-state index < -0.39 is 10.9 Å². The van der Waals surface area contributed by atoms with Crippen molar-refractivity contribution >= 4 is 29.2 Å². The summed E-state index contributed by atoms with van der Waals surface area (Å²) in [6, 6.07) is 11.9. The highest BCUT2D eigenvalue weighted by atomic mass is 16.6. The first kappa shape index (κ1) is 19.5. The summed E-state index contributed by atoms with van der Waals surface area (Å²) in [7, 11) is 0. The van der Waals surface area contributed by atoms with E-state index in [1.807, 2.05) is 12.2 Å². The lowest BCUT2D eigenvalue weighted by Crippen LogP contribution is -2.30. The second-order valence-corrected chi connectivity index (χ2v) is 7.21. The third kappa shape index (κ3) is 3.59. The first-order valence-electron chi connectivity index (χ1n) is 9.49. The Balaban J connectivity index is 1.41. The number of ether oxygens (including phenoxy) is 1. The van der Waals surface area contributed by atoms with Gasteiger partial charge in [0.1, 0.15) is 6.61 Å². The summed E-state index contributed by atoms with van der Waals surface area (Å²) in [5.74, 6) is -1.61. The minimum absolute atomic E-state index is 0.0297. The average molecular weight is 406 g/mol. The van der Waals surface area contributed by atoms with Gasteiger partial charge in [0, 0.05) is 12.1 Å². The number of rotatable bonds is 5. The molecular weight excluding hydrogens is 388 g/mol. The Bertz CT molecular complexity index is 1020. The molecule has 2 aromatic carbocycles. The minimum atomic E-state index is -0.572. The third-order valence-corrected chi connectivity index (χ3v) is 5.39. The summed E-state index contributed by atoms with van der Waals surface area (Å²) in [6.07, 6.45) is 5.00. The van der Waals surface area contributed by atoms with Crippen molar-refractivity contribution in [3.63, 3.8) is 0 Å². The van der Waals surface area contributed by atoms with Gasteiger partial charge < -0.3 is 4.74 Å². The predicted molar refractivity (Wildman–Crippen MR) is 107 cm³/mol. The molecule has 0 unspecified atom stereocenters. The van der Waals surface area contributed by atoms with Gasteiger partial charge in [-0.1, -0.05) is 12.2 Å². The van der Waals surface area contributed by atoms with E-state index in [4.69, 9.17) is 4.74 Å². The van der Waals surface area contributed by atoms with Crippen LogP contribution in [0.15, 0.2) is 60.7 Å². The highest BCUT2D eigenvalue weighted by Crippen LogP contribution is 2.37. The highest BCUT2D eigenvalue weighted by molar-refractivity contribution is 6.22. The second kappa shape index (κ2) is 7.90. The molecule has 2 aliphatic rings. The maximum Gasteiger partial charge on any atom is 0.338 e. The molecule has 2 aromatic rings. The van der Waals surface area contributed by atoms with Gasteiger partial charge >= 0.3 is 5.97 Å². The SMILES string of the molecule is O=C(OCc1ccc([N+](=O)[O-])cc1)c1ccc(N2C(=O)[C@@H]3CC=CC[C@H]3C2=O)cc1. The van der Waals surface area contributed by atoms with Crippen molar-refractivity contribution < 1.29 is 24.0 Å². The summed E-state index contributed by atoms with van der Waals surface area (Å²) in [4.78, 5) is 48.9. The monoisotopic (exact) mass is 406 g/mol. The molecule has 0 spiro atoms. The molecule has 152 valence electrons. The normalized spacial score (nSPS) is 20.2. The van der Waals surface area contributed by atoms with Gasteiger partial charge in [-0.25, -0.2) is 4.79 Å². The number of nitro groups is 1. The number of imide groups is 1. The van der Waals surface area contributed by atoms with Crippen LogP contribution < -0.4 is 4.90 Å². The van der Waals surface area contributed by atoms with Crippen LogP contribution in [0.25, 0.3) is 0 Å². The van der Waals surface area contributed by atoms with Crippen LogP contribution >= 0.6 is 0 Å². The van der Waals surface area contributed by atoms with Gasteiger partial charge in [-0.05, 0) is 54.8 Å². The summed E-state index contributed by atoms with van der Waals surface area (Å²) in [5, 5.41) is 10.7. The first-order chi connectivity index (χ1) is 14.5. The molecule has 2 atom stereocenters. The van der Waals surface area contributed by atoms with E-state index in [9.17, 15) is 24.5 Å². The fourth-order valence-corrected chi connectivity index (χ4v) is 3.75. The van der Waals surface area contributed by atoms with Crippen LogP contribution in [0.5, 0.6) is 0 Å². The molecule has 1 heterocycles. The topological polar surface area (TPSA) is 107 Å². The van der Waals surface area contributed by atoms with Crippen molar-refractivity contribution in [2.24, 2.45) is 11.8 Å². The number of nitrogens with zero attached hydrogens (tertiary/aromatic N) is 2. The van der Waals surface area contributed by atoms with Crippen molar-refractivity contribution in [3.8, 4) is 0 Å². The molecule has 30 heavy (non-hydrogen) atoms. The Kier molecular flexibility index (Phi) is 5.14. The van der Waals surface area contributed by atoms with Crippen molar-refractivity contribution in [2.45, 2.75) is 19.4 Å². The average Bonchev–Trinajstić information content (AvgIpc) is 3.03. The zero-order valence-corrected chi connectivity index (χ0v) is 15.9. The van der Waals surface area contributed by atoms with Crippen molar-refractivity contribution in [3.05, 3.63) is 81.9 Å². The number of amides is 2. The van der Waals surface area contributed by atoms with Crippen LogP contribution in [-0.2, 0) is 20.9 Å². The van der Waals surface area contributed by atoms with Gasteiger partial charge in [-0.3, -0.25) is 24.6 Å². The Morgan fingerprint density at radius 1 is 0.967 bits per heavy atom. The number of anilines is 1. The van der Waals surface area contributed by atoms with Crippen molar-refractivity contribution in [1.29, 1.82) is 0 Å². The van der Waals surface area contributed by atoms with Gasteiger partial charge in [-0.2, -0.15) is 0 Å². The molecule has 0 aromatic heterocycles. The molecule has 4 rings (SSSR count).